The van der Waals surface area contributed by atoms with Gasteiger partial charge in [-0.3, -0.25) is 14.8 Å². The molecule has 0 spiro atoms. The smallest absolute Gasteiger partial charge is 0.410 e. The number of hydrogen-bond acceptors (Lipinski definition) is 9. The van der Waals surface area contributed by atoms with Crippen LogP contribution in [0.5, 0.6) is 5.88 Å². The van der Waals surface area contributed by atoms with Gasteiger partial charge in [-0.25, -0.2) is 14.6 Å². The van der Waals surface area contributed by atoms with E-state index in [1.807, 2.05) is 0 Å². The number of H-pyrrole nitrogens is 2. The molecule has 0 radical (unpaired) electrons. The van der Waals surface area contributed by atoms with Crippen molar-refractivity contribution in [2.75, 3.05) is 25.0 Å². The van der Waals surface area contributed by atoms with Gasteiger partial charge in [0.25, 0.3) is 5.91 Å². The maximum atomic E-state index is 13.1. The van der Waals surface area contributed by atoms with Gasteiger partial charge in [0.2, 0.25) is 5.88 Å². The molecule has 14 nitrogen and oxygen atoms in total. The first-order valence-corrected chi connectivity index (χ1v) is 11.9. The fourth-order valence-electron chi connectivity index (χ4n) is 3.77. The Kier molecular flexibility index (Phi) is 6.19. The second kappa shape index (κ2) is 9.35. The van der Waals surface area contributed by atoms with E-state index in [2.05, 4.69) is 30.4 Å². The Morgan fingerprint density at radius 2 is 2.11 bits per heavy atom. The molecule has 2 aliphatic rings. The first-order valence-electron chi connectivity index (χ1n) is 11.9. The second-order valence-corrected chi connectivity index (χ2v) is 9.96. The number of imidazole rings is 1. The lowest BCUT2D eigenvalue weighted by Crippen LogP contribution is -2.51. The standard InChI is InChI=1S/C23H28N8O6/c1-23(2,3)37-22(35)30-6-7-36-15(11-30)20(33)28-16-9-17(25-13-4-5-13)31-18(27-16)12(10-24-31)8-14-19(32)29-21(34)26-14/h8-10,13,15,32H,4-7,11H2,1-3H3,(H,28,33)(H2,26,29,34)/b12-8+,25-17?. The summed E-state index contributed by atoms with van der Waals surface area (Å²) in [7, 11) is 0. The number of nitrogens with one attached hydrogen (secondary N) is 3. The van der Waals surface area contributed by atoms with E-state index in [-0.39, 0.29) is 36.6 Å². The highest BCUT2D eigenvalue weighted by Gasteiger charge is 2.32. The normalized spacial score (nSPS) is 19.4. The van der Waals surface area contributed by atoms with Crippen LogP contribution in [0, 0.1) is 0 Å². The minimum absolute atomic E-state index is 0.0359. The van der Waals surface area contributed by atoms with Gasteiger partial charge in [-0.15, -0.1) is 0 Å². The summed E-state index contributed by atoms with van der Waals surface area (Å²) in [6.45, 7) is 5.87. The van der Waals surface area contributed by atoms with E-state index in [9.17, 15) is 19.5 Å². The van der Waals surface area contributed by atoms with Gasteiger partial charge in [0.15, 0.2) is 17.2 Å². The van der Waals surface area contributed by atoms with Crippen LogP contribution in [0.3, 0.4) is 0 Å². The second-order valence-electron chi connectivity index (χ2n) is 9.96. The van der Waals surface area contributed by atoms with E-state index in [4.69, 9.17) is 9.47 Å². The van der Waals surface area contributed by atoms with Crippen molar-refractivity contribution in [3.05, 3.63) is 39.1 Å². The number of carbonyl (C=O) groups is 2. The molecule has 2 fully saturated rings. The number of aromatic nitrogens is 5. The lowest BCUT2D eigenvalue weighted by molar-refractivity contribution is -0.132. The topological polar surface area (TPSA) is 179 Å². The molecule has 2 amide bonds. The molecule has 1 unspecified atom stereocenters. The molecule has 1 saturated carbocycles. The highest BCUT2D eigenvalue weighted by atomic mass is 16.6. The van der Waals surface area contributed by atoms with Crippen molar-refractivity contribution in [1.82, 2.24) is 29.5 Å². The Balaban J connectivity index is 1.43. The molecule has 196 valence electrons. The predicted octanol–water partition coefficient (Wildman–Crippen LogP) is -0.363. The third-order valence-corrected chi connectivity index (χ3v) is 5.64. The van der Waals surface area contributed by atoms with Gasteiger partial charge in [0, 0.05) is 17.8 Å². The van der Waals surface area contributed by atoms with Crippen LogP contribution < -0.4 is 21.7 Å². The maximum Gasteiger partial charge on any atom is 0.410 e. The molecule has 1 aliphatic heterocycles. The number of nitrogens with zero attached hydrogens (tertiary/aromatic N) is 5. The molecule has 5 rings (SSSR count). The average Bonchev–Trinajstić information content (AvgIpc) is 3.46. The van der Waals surface area contributed by atoms with Gasteiger partial charge in [-0.2, -0.15) is 9.61 Å². The number of fused-ring (bicyclic) bond motifs is 1. The maximum absolute atomic E-state index is 13.1. The number of aromatic amines is 2. The molecule has 1 saturated heterocycles. The highest BCUT2D eigenvalue weighted by Crippen LogP contribution is 2.22. The molecule has 0 aromatic carbocycles. The SMILES string of the molecule is CC(C)(C)OC(=O)N1CCOC(C(=O)Nc2cc(=NC3CC3)n3nc/c(=C\c4[nH]c(=O)[nH]c4O)c3n2)C1. The van der Waals surface area contributed by atoms with Crippen LogP contribution in [-0.2, 0) is 14.3 Å². The number of carbonyl (C=O) groups excluding carboxylic acids is 2. The predicted molar refractivity (Wildman–Crippen MR) is 130 cm³/mol. The van der Waals surface area contributed by atoms with Crippen molar-refractivity contribution in [2.24, 2.45) is 4.99 Å². The van der Waals surface area contributed by atoms with Crippen molar-refractivity contribution in [3.63, 3.8) is 0 Å². The summed E-state index contributed by atoms with van der Waals surface area (Å²) in [6.07, 6.45) is 3.53. The highest BCUT2D eigenvalue weighted by molar-refractivity contribution is 5.94. The van der Waals surface area contributed by atoms with Crippen LogP contribution in [0.2, 0.25) is 0 Å². The molecule has 14 heteroatoms. The van der Waals surface area contributed by atoms with Crippen molar-refractivity contribution >= 4 is 29.5 Å². The average molecular weight is 513 g/mol. The van der Waals surface area contributed by atoms with E-state index in [0.29, 0.717) is 22.9 Å². The van der Waals surface area contributed by atoms with Crippen LogP contribution in [0.4, 0.5) is 10.6 Å². The van der Waals surface area contributed by atoms with Crippen LogP contribution in [0.25, 0.3) is 11.7 Å². The molecule has 4 heterocycles. The number of anilines is 1. The molecular weight excluding hydrogens is 484 g/mol. The summed E-state index contributed by atoms with van der Waals surface area (Å²) in [5.74, 6) is -0.572. The van der Waals surface area contributed by atoms with E-state index in [0.717, 1.165) is 12.8 Å². The Labute approximate surface area is 210 Å². The first kappa shape index (κ1) is 24.5. The number of morpholine rings is 1. The number of hydrogen-bond donors (Lipinski definition) is 4. The van der Waals surface area contributed by atoms with Crippen molar-refractivity contribution in [3.8, 4) is 5.88 Å². The molecule has 37 heavy (non-hydrogen) atoms. The summed E-state index contributed by atoms with van der Waals surface area (Å²) in [6, 6.07) is 1.78. The number of ether oxygens (including phenoxy) is 2. The fourth-order valence-corrected chi connectivity index (χ4v) is 3.77. The van der Waals surface area contributed by atoms with Gasteiger partial charge in [-0.1, -0.05) is 0 Å². The number of amides is 2. The largest absolute Gasteiger partial charge is 0.493 e. The van der Waals surface area contributed by atoms with E-state index in [1.165, 1.54) is 21.7 Å². The minimum Gasteiger partial charge on any atom is -0.493 e. The lowest BCUT2D eigenvalue weighted by Gasteiger charge is -2.33. The molecule has 3 aromatic rings. The lowest BCUT2D eigenvalue weighted by atomic mass is 10.2. The Bertz CT molecular complexity index is 1530. The zero-order valence-electron chi connectivity index (χ0n) is 20.6. The molecule has 1 atom stereocenters. The van der Waals surface area contributed by atoms with Gasteiger partial charge >= 0.3 is 11.8 Å². The van der Waals surface area contributed by atoms with E-state index >= 15 is 0 Å². The fraction of sp³-hybridized carbons (Fsp3) is 0.478. The Hall–Kier alpha value is -4.20. The summed E-state index contributed by atoms with van der Waals surface area (Å²) >= 11 is 0. The number of rotatable bonds is 4. The molecular formula is C23H28N8O6. The molecule has 4 N–H and O–H groups in total. The zero-order chi connectivity index (χ0) is 26.3. The first-order chi connectivity index (χ1) is 17.6. The summed E-state index contributed by atoms with van der Waals surface area (Å²) in [5.41, 5.74) is -0.195. The van der Waals surface area contributed by atoms with Crippen LogP contribution in [0.1, 0.15) is 39.3 Å². The monoisotopic (exact) mass is 512 g/mol. The van der Waals surface area contributed by atoms with Crippen molar-refractivity contribution in [1.29, 1.82) is 0 Å². The third-order valence-electron chi connectivity index (χ3n) is 5.64. The number of aromatic hydroxyl groups is 1. The summed E-state index contributed by atoms with van der Waals surface area (Å²) < 4.78 is 12.6. The summed E-state index contributed by atoms with van der Waals surface area (Å²) in [4.78, 5) is 52.4. The third kappa shape index (κ3) is 5.63. The Morgan fingerprint density at radius 3 is 2.78 bits per heavy atom. The minimum atomic E-state index is -0.916. The van der Waals surface area contributed by atoms with Crippen LogP contribution in [-0.4, -0.2) is 84.0 Å². The molecule has 1 aliphatic carbocycles. The van der Waals surface area contributed by atoms with Crippen LogP contribution >= 0.6 is 0 Å². The van der Waals surface area contributed by atoms with Crippen LogP contribution in [0.15, 0.2) is 22.1 Å². The van der Waals surface area contributed by atoms with Gasteiger partial charge in [0.05, 0.1) is 25.4 Å². The quantitative estimate of drug-likeness (QED) is 0.366. The van der Waals surface area contributed by atoms with Crippen molar-refractivity contribution < 1.29 is 24.2 Å². The van der Waals surface area contributed by atoms with E-state index < -0.39 is 29.4 Å². The zero-order valence-corrected chi connectivity index (χ0v) is 20.6. The van der Waals surface area contributed by atoms with Gasteiger partial charge in [0.1, 0.15) is 17.1 Å². The Morgan fingerprint density at radius 1 is 1.32 bits per heavy atom. The van der Waals surface area contributed by atoms with Gasteiger partial charge in [-0.05, 0) is 39.7 Å². The van der Waals surface area contributed by atoms with Gasteiger partial charge < -0.3 is 29.8 Å². The van der Waals surface area contributed by atoms with Crippen molar-refractivity contribution in [2.45, 2.75) is 51.4 Å². The van der Waals surface area contributed by atoms with E-state index in [1.54, 1.807) is 26.8 Å². The molecule has 3 aromatic heterocycles. The summed E-state index contributed by atoms with van der Waals surface area (Å²) in [5, 5.41) is 17.5. The molecule has 0 bridgehead atoms.